The fourth-order valence-corrected chi connectivity index (χ4v) is 1.15. The lowest BCUT2D eigenvalue weighted by Crippen LogP contribution is -2.13. The van der Waals surface area contributed by atoms with Gasteiger partial charge in [0, 0.05) is 0 Å². The van der Waals surface area contributed by atoms with Crippen LogP contribution in [0, 0.1) is 0 Å². The molecule has 0 amide bonds. The van der Waals surface area contributed by atoms with Crippen LogP contribution in [0.15, 0.2) is 33.5 Å². The van der Waals surface area contributed by atoms with Crippen molar-refractivity contribution in [3.05, 3.63) is 34.8 Å². The summed E-state index contributed by atoms with van der Waals surface area (Å²) in [6, 6.07) is 6.95. The van der Waals surface area contributed by atoms with E-state index in [0.717, 1.165) is 4.57 Å². The maximum Gasteiger partial charge on any atom is 0.421 e. The molecular formula is C8H7NO3. The second-order valence-electron chi connectivity index (χ2n) is 2.41. The monoisotopic (exact) mass is 165 g/mol. The molecule has 0 atom stereocenters. The van der Waals surface area contributed by atoms with Gasteiger partial charge >= 0.3 is 5.76 Å². The molecule has 0 aliphatic rings. The Kier molecular flexibility index (Phi) is 1.48. The molecule has 62 valence electrons. The van der Waals surface area contributed by atoms with Crippen molar-refractivity contribution in [3.63, 3.8) is 0 Å². The summed E-state index contributed by atoms with van der Waals surface area (Å²) in [6.45, 7) is -0.351. The van der Waals surface area contributed by atoms with Gasteiger partial charge in [-0.25, -0.2) is 4.79 Å². The molecule has 2 aromatic rings. The van der Waals surface area contributed by atoms with E-state index in [1.807, 2.05) is 0 Å². The minimum absolute atomic E-state index is 0.351. The zero-order valence-corrected chi connectivity index (χ0v) is 6.23. The predicted molar refractivity (Wildman–Crippen MR) is 42.7 cm³/mol. The van der Waals surface area contributed by atoms with Crippen molar-refractivity contribution in [3.8, 4) is 0 Å². The number of oxazole rings is 1. The van der Waals surface area contributed by atoms with Crippen molar-refractivity contribution in [1.82, 2.24) is 4.57 Å². The van der Waals surface area contributed by atoms with Crippen molar-refractivity contribution in [2.24, 2.45) is 0 Å². The van der Waals surface area contributed by atoms with Gasteiger partial charge in [-0.15, -0.1) is 0 Å². The number of hydrogen-bond acceptors (Lipinski definition) is 3. The molecule has 0 aliphatic carbocycles. The summed E-state index contributed by atoms with van der Waals surface area (Å²) < 4.78 is 6.00. The van der Waals surface area contributed by atoms with Crippen molar-refractivity contribution < 1.29 is 9.52 Å². The predicted octanol–water partition coefficient (Wildman–Crippen LogP) is 0.544. The minimum Gasteiger partial charge on any atom is -0.408 e. The summed E-state index contributed by atoms with van der Waals surface area (Å²) in [5.41, 5.74) is 1.11. The van der Waals surface area contributed by atoms with Crippen LogP contribution in [0.2, 0.25) is 0 Å². The van der Waals surface area contributed by atoms with E-state index in [1.165, 1.54) is 0 Å². The second kappa shape index (κ2) is 2.49. The Hall–Kier alpha value is -1.55. The molecule has 4 nitrogen and oxygen atoms in total. The number of hydrogen-bond donors (Lipinski definition) is 1. The first-order valence-corrected chi connectivity index (χ1v) is 3.52. The Morgan fingerprint density at radius 1 is 1.42 bits per heavy atom. The number of aromatic nitrogens is 1. The van der Waals surface area contributed by atoms with Crippen LogP contribution in [0.5, 0.6) is 0 Å². The number of nitrogens with zero attached hydrogens (tertiary/aromatic N) is 1. The summed E-state index contributed by atoms with van der Waals surface area (Å²) in [7, 11) is 0. The van der Waals surface area contributed by atoms with Crippen molar-refractivity contribution in [2.45, 2.75) is 6.73 Å². The number of para-hydroxylation sites is 2. The number of benzene rings is 1. The molecule has 4 heteroatoms. The van der Waals surface area contributed by atoms with Gasteiger partial charge < -0.3 is 9.52 Å². The Morgan fingerprint density at radius 2 is 2.17 bits per heavy atom. The van der Waals surface area contributed by atoms with E-state index >= 15 is 0 Å². The van der Waals surface area contributed by atoms with E-state index in [4.69, 9.17) is 9.52 Å². The normalized spacial score (nSPS) is 10.8. The first-order chi connectivity index (χ1) is 5.83. The maximum absolute atomic E-state index is 11.0. The Morgan fingerprint density at radius 3 is 2.92 bits per heavy atom. The van der Waals surface area contributed by atoms with Crippen molar-refractivity contribution in [1.29, 1.82) is 0 Å². The van der Waals surface area contributed by atoms with Gasteiger partial charge in [-0.1, -0.05) is 12.1 Å². The second-order valence-corrected chi connectivity index (χ2v) is 2.41. The van der Waals surface area contributed by atoms with Crippen molar-refractivity contribution in [2.75, 3.05) is 0 Å². The van der Waals surface area contributed by atoms with E-state index in [0.29, 0.717) is 11.1 Å². The lowest BCUT2D eigenvalue weighted by atomic mass is 10.3. The van der Waals surface area contributed by atoms with Gasteiger partial charge in [-0.2, -0.15) is 0 Å². The number of rotatable bonds is 1. The molecule has 1 heterocycles. The van der Waals surface area contributed by atoms with E-state index in [9.17, 15) is 4.79 Å². The lowest BCUT2D eigenvalue weighted by Gasteiger charge is -1.92. The first-order valence-electron chi connectivity index (χ1n) is 3.52. The van der Waals surface area contributed by atoms with Gasteiger partial charge in [-0.3, -0.25) is 4.57 Å². The highest BCUT2D eigenvalue weighted by atomic mass is 16.4. The zero-order chi connectivity index (χ0) is 8.55. The quantitative estimate of drug-likeness (QED) is 0.671. The maximum atomic E-state index is 11.0. The smallest absolute Gasteiger partial charge is 0.408 e. The van der Waals surface area contributed by atoms with E-state index in [2.05, 4.69) is 0 Å². The molecular weight excluding hydrogens is 158 g/mol. The standard InChI is InChI=1S/C8H7NO3/c10-5-9-6-3-1-2-4-7(6)12-8(9)11/h1-4,10H,5H2. The largest absolute Gasteiger partial charge is 0.421 e. The molecule has 0 saturated heterocycles. The minimum atomic E-state index is -0.529. The highest BCUT2D eigenvalue weighted by molar-refractivity contribution is 5.72. The highest BCUT2D eigenvalue weighted by Crippen LogP contribution is 2.10. The highest BCUT2D eigenvalue weighted by Gasteiger charge is 2.05. The van der Waals surface area contributed by atoms with Crippen LogP contribution >= 0.6 is 0 Å². The third-order valence-corrected chi connectivity index (χ3v) is 1.72. The van der Waals surface area contributed by atoms with E-state index < -0.39 is 5.76 Å². The summed E-state index contributed by atoms with van der Waals surface area (Å²) in [5, 5.41) is 8.81. The van der Waals surface area contributed by atoms with Crippen LogP contribution in [0.1, 0.15) is 0 Å². The summed E-state index contributed by atoms with van der Waals surface area (Å²) in [6.07, 6.45) is 0. The third kappa shape index (κ3) is 0.853. The van der Waals surface area contributed by atoms with Gasteiger partial charge in [0.2, 0.25) is 0 Å². The van der Waals surface area contributed by atoms with Crippen LogP contribution in [0.4, 0.5) is 0 Å². The fourth-order valence-electron chi connectivity index (χ4n) is 1.15. The first kappa shape index (κ1) is 7.12. The molecule has 12 heavy (non-hydrogen) atoms. The molecule has 0 radical (unpaired) electrons. The van der Waals surface area contributed by atoms with Gasteiger partial charge in [0.1, 0.15) is 6.73 Å². The van der Waals surface area contributed by atoms with Crippen LogP contribution in [-0.2, 0) is 6.73 Å². The molecule has 0 aliphatic heterocycles. The molecule has 0 fully saturated rings. The van der Waals surface area contributed by atoms with Crippen LogP contribution in [-0.4, -0.2) is 9.67 Å². The van der Waals surface area contributed by atoms with Gasteiger partial charge in [0.15, 0.2) is 5.58 Å². The zero-order valence-electron chi connectivity index (χ0n) is 6.23. The molecule has 0 spiro atoms. The molecule has 0 bridgehead atoms. The third-order valence-electron chi connectivity index (χ3n) is 1.72. The van der Waals surface area contributed by atoms with Crippen LogP contribution in [0.3, 0.4) is 0 Å². The lowest BCUT2D eigenvalue weighted by molar-refractivity contribution is 0.204. The average Bonchev–Trinajstić information content (AvgIpc) is 2.40. The van der Waals surface area contributed by atoms with E-state index in [1.54, 1.807) is 24.3 Å². The summed E-state index contributed by atoms with van der Waals surface area (Å²) >= 11 is 0. The Bertz CT molecular complexity index is 455. The summed E-state index contributed by atoms with van der Waals surface area (Å²) in [4.78, 5) is 11.0. The van der Waals surface area contributed by atoms with Crippen LogP contribution in [0.25, 0.3) is 11.1 Å². The number of aliphatic hydroxyl groups excluding tert-OH is 1. The van der Waals surface area contributed by atoms with Crippen LogP contribution < -0.4 is 5.76 Å². The SMILES string of the molecule is O=c1oc2ccccc2n1CO. The Balaban J connectivity index is 2.91. The van der Waals surface area contributed by atoms with Gasteiger partial charge in [0.25, 0.3) is 0 Å². The molecule has 2 rings (SSSR count). The topological polar surface area (TPSA) is 55.4 Å². The fraction of sp³-hybridized carbons (Fsp3) is 0.125. The molecule has 1 N–H and O–H groups in total. The van der Waals surface area contributed by atoms with E-state index in [-0.39, 0.29) is 6.73 Å². The van der Waals surface area contributed by atoms with Gasteiger partial charge in [0.05, 0.1) is 5.52 Å². The summed E-state index contributed by atoms with van der Waals surface area (Å²) in [5.74, 6) is -0.529. The number of aliphatic hydroxyl groups is 1. The van der Waals surface area contributed by atoms with Crippen molar-refractivity contribution >= 4 is 11.1 Å². The molecule has 1 aromatic carbocycles. The van der Waals surface area contributed by atoms with Gasteiger partial charge in [-0.05, 0) is 12.1 Å². The Labute approximate surface area is 67.7 Å². The number of fused-ring (bicyclic) bond motifs is 1. The molecule has 0 unspecified atom stereocenters. The average molecular weight is 165 g/mol. The molecule has 0 saturated carbocycles. The molecule has 1 aromatic heterocycles.